The summed E-state index contributed by atoms with van der Waals surface area (Å²) in [4.78, 5) is 23.1. The summed E-state index contributed by atoms with van der Waals surface area (Å²) in [6.45, 7) is 5.51. The number of hydrogen-bond donors (Lipinski definition) is 0. The average molecular weight is 312 g/mol. The molecule has 0 aromatic carbocycles. The minimum Gasteiger partial charge on any atom is -0.337 e. The Labute approximate surface area is 132 Å². The lowest BCUT2D eigenvalue weighted by Gasteiger charge is -2.23. The van der Waals surface area contributed by atoms with E-state index in [1.165, 1.54) is 11.3 Å². The van der Waals surface area contributed by atoms with Crippen molar-refractivity contribution in [1.29, 1.82) is 0 Å². The van der Waals surface area contributed by atoms with Crippen molar-refractivity contribution in [1.82, 2.24) is 19.7 Å². The van der Waals surface area contributed by atoms with Crippen molar-refractivity contribution < 1.29 is 4.79 Å². The fourth-order valence-electron chi connectivity index (χ4n) is 2.09. The van der Waals surface area contributed by atoms with Gasteiger partial charge in [0.15, 0.2) is 0 Å². The molecule has 0 aliphatic rings. The first-order chi connectivity index (χ1) is 9.90. The van der Waals surface area contributed by atoms with Gasteiger partial charge in [0.05, 0.1) is 5.01 Å². The Bertz CT molecular complexity index is 417. The molecule has 0 saturated heterocycles. The van der Waals surface area contributed by atoms with E-state index in [0.29, 0.717) is 5.69 Å². The maximum atomic E-state index is 12.6. The summed E-state index contributed by atoms with van der Waals surface area (Å²) in [5.74, 6) is 0.0665. The van der Waals surface area contributed by atoms with Gasteiger partial charge in [-0.1, -0.05) is 0 Å². The Morgan fingerprint density at radius 1 is 1.05 bits per heavy atom. The third-order valence-electron chi connectivity index (χ3n) is 3.19. The summed E-state index contributed by atoms with van der Waals surface area (Å²) in [6, 6.07) is 0. The maximum Gasteiger partial charge on any atom is 0.273 e. The minimum atomic E-state index is 0.0665. The van der Waals surface area contributed by atoms with E-state index in [4.69, 9.17) is 0 Å². The van der Waals surface area contributed by atoms with E-state index in [-0.39, 0.29) is 5.91 Å². The Kier molecular flexibility index (Phi) is 7.85. The second kappa shape index (κ2) is 9.12. The first kappa shape index (κ1) is 18.1. The van der Waals surface area contributed by atoms with Crippen LogP contribution in [-0.2, 0) is 0 Å². The molecule has 1 aromatic rings. The van der Waals surface area contributed by atoms with Crippen LogP contribution < -0.4 is 0 Å². The largest absolute Gasteiger partial charge is 0.337 e. The standard InChI is InChI=1S/C15H28N4OS/c1-13-16-14(12-21-13)15(20)19(10-6-8-17(2)3)11-7-9-18(4)5/h12H,6-11H2,1-5H3. The molecule has 1 aromatic heterocycles. The Hall–Kier alpha value is -0.980. The Morgan fingerprint density at radius 3 is 1.95 bits per heavy atom. The highest BCUT2D eigenvalue weighted by atomic mass is 32.1. The first-order valence-corrected chi connectivity index (χ1v) is 8.29. The van der Waals surface area contributed by atoms with Gasteiger partial charge in [-0.15, -0.1) is 11.3 Å². The van der Waals surface area contributed by atoms with Gasteiger partial charge in [0.25, 0.3) is 5.91 Å². The van der Waals surface area contributed by atoms with Crippen LogP contribution in [0.3, 0.4) is 0 Å². The Balaban J connectivity index is 2.59. The fourth-order valence-corrected chi connectivity index (χ4v) is 2.68. The molecule has 0 bridgehead atoms. The zero-order valence-electron chi connectivity index (χ0n) is 13.9. The van der Waals surface area contributed by atoms with Crippen LogP contribution in [0, 0.1) is 6.92 Å². The van der Waals surface area contributed by atoms with Gasteiger partial charge in [-0.25, -0.2) is 4.98 Å². The fraction of sp³-hybridized carbons (Fsp3) is 0.733. The van der Waals surface area contributed by atoms with Crippen molar-refractivity contribution in [2.75, 3.05) is 54.4 Å². The zero-order chi connectivity index (χ0) is 15.8. The van der Waals surface area contributed by atoms with Crippen LogP contribution in [0.4, 0.5) is 0 Å². The quantitative estimate of drug-likeness (QED) is 0.697. The van der Waals surface area contributed by atoms with E-state index >= 15 is 0 Å². The van der Waals surface area contributed by atoms with Crippen molar-refractivity contribution in [2.45, 2.75) is 19.8 Å². The molecule has 0 aliphatic heterocycles. The van der Waals surface area contributed by atoms with Gasteiger partial charge in [0.1, 0.15) is 5.69 Å². The lowest BCUT2D eigenvalue weighted by molar-refractivity contribution is 0.0739. The van der Waals surface area contributed by atoms with Crippen molar-refractivity contribution in [3.63, 3.8) is 0 Å². The lowest BCUT2D eigenvalue weighted by atomic mass is 10.3. The molecule has 5 nitrogen and oxygen atoms in total. The number of amides is 1. The van der Waals surface area contributed by atoms with E-state index in [1.54, 1.807) is 0 Å². The molecule has 0 radical (unpaired) electrons. The first-order valence-electron chi connectivity index (χ1n) is 7.41. The third-order valence-corrected chi connectivity index (χ3v) is 3.97. The minimum absolute atomic E-state index is 0.0665. The zero-order valence-corrected chi connectivity index (χ0v) is 14.7. The van der Waals surface area contributed by atoms with Crippen LogP contribution in [-0.4, -0.2) is 80.0 Å². The molecule has 0 unspecified atom stereocenters. The molecule has 0 spiro atoms. The van der Waals surface area contributed by atoms with Gasteiger partial charge in [-0.2, -0.15) is 0 Å². The van der Waals surface area contributed by atoms with Gasteiger partial charge in [-0.05, 0) is 61.0 Å². The van der Waals surface area contributed by atoms with Crippen LogP contribution in [0.15, 0.2) is 5.38 Å². The van der Waals surface area contributed by atoms with Crippen molar-refractivity contribution in [2.24, 2.45) is 0 Å². The maximum absolute atomic E-state index is 12.6. The molecule has 1 rings (SSSR count). The van der Waals surface area contributed by atoms with Gasteiger partial charge in [0.2, 0.25) is 0 Å². The highest BCUT2D eigenvalue weighted by Crippen LogP contribution is 2.11. The molecule has 0 fully saturated rings. The Morgan fingerprint density at radius 2 is 1.57 bits per heavy atom. The van der Waals surface area contributed by atoms with E-state index < -0.39 is 0 Å². The van der Waals surface area contributed by atoms with Crippen molar-refractivity contribution >= 4 is 17.2 Å². The van der Waals surface area contributed by atoms with Crippen LogP contribution in [0.25, 0.3) is 0 Å². The molecule has 21 heavy (non-hydrogen) atoms. The van der Waals surface area contributed by atoms with Gasteiger partial charge in [0, 0.05) is 18.5 Å². The van der Waals surface area contributed by atoms with Crippen LogP contribution in [0.2, 0.25) is 0 Å². The summed E-state index contributed by atoms with van der Waals surface area (Å²) in [7, 11) is 8.23. The number of aryl methyl sites for hydroxylation is 1. The summed E-state index contributed by atoms with van der Waals surface area (Å²) in [5, 5.41) is 2.81. The number of thiazole rings is 1. The molecular formula is C15H28N4OS. The van der Waals surface area contributed by atoms with Crippen LogP contribution in [0.1, 0.15) is 28.3 Å². The number of rotatable bonds is 9. The van der Waals surface area contributed by atoms with Crippen LogP contribution in [0.5, 0.6) is 0 Å². The molecule has 0 atom stereocenters. The van der Waals surface area contributed by atoms with Gasteiger partial charge >= 0.3 is 0 Å². The smallest absolute Gasteiger partial charge is 0.273 e. The SMILES string of the molecule is Cc1nc(C(=O)N(CCCN(C)C)CCCN(C)C)cs1. The van der Waals surface area contributed by atoms with E-state index in [9.17, 15) is 4.79 Å². The topological polar surface area (TPSA) is 39.7 Å². The molecule has 0 saturated carbocycles. The average Bonchev–Trinajstić information content (AvgIpc) is 2.82. The molecule has 1 amide bonds. The monoisotopic (exact) mass is 312 g/mol. The van der Waals surface area contributed by atoms with Crippen molar-refractivity contribution in [3.8, 4) is 0 Å². The third kappa shape index (κ3) is 7.02. The second-order valence-electron chi connectivity index (χ2n) is 5.86. The van der Waals surface area contributed by atoms with E-state index in [2.05, 4.69) is 43.0 Å². The normalized spacial score (nSPS) is 11.4. The summed E-state index contributed by atoms with van der Waals surface area (Å²) < 4.78 is 0. The lowest BCUT2D eigenvalue weighted by Crippen LogP contribution is -2.35. The van der Waals surface area contributed by atoms with E-state index in [0.717, 1.165) is 44.0 Å². The second-order valence-corrected chi connectivity index (χ2v) is 6.92. The number of aromatic nitrogens is 1. The highest BCUT2D eigenvalue weighted by Gasteiger charge is 2.17. The molecule has 120 valence electrons. The summed E-state index contributed by atoms with van der Waals surface area (Å²) in [6.07, 6.45) is 1.98. The van der Waals surface area contributed by atoms with Crippen LogP contribution >= 0.6 is 11.3 Å². The highest BCUT2D eigenvalue weighted by molar-refractivity contribution is 7.09. The predicted molar refractivity (Wildman–Crippen MR) is 89.1 cm³/mol. The molecule has 0 aliphatic carbocycles. The summed E-state index contributed by atoms with van der Waals surface area (Å²) in [5.41, 5.74) is 0.590. The van der Waals surface area contributed by atoms with E-state index in [1.807, 2.05) is 17.2 Å². The van der Waals surface area contributed by atoms with Gasteiger partial charge in [-0.3, -0.25) is 4.79 Å². The predicted octanol–water partition coefficient (Wildman–Crippen LogP) is 1.80. The number of nitrogens with zero attached hydrogens (tertiary/aromatic N) is 4. The molecule has 6 heteroatoms. The number of hydrogen-bond acceptors (Lipinski definition) is 5. The van der Waals surface area contributed by atoms with Crippen molar-refractivity contribution in [3.05, 3.63) is 16.1 Å². The number of carbonyl (C=O) groups excluding carboxylic acids is 1. The molecule has 1 heterocycles. The van der Waals surface area contributed by atoms with Gasteiger partial charge < -0.3 is 14.7 Å². The summed E-state index contributed by atoms with van der Waals surface area (Å²) >= 11 is 1.53. The molecule has 0 N–H and O–H groups in total. The number of carbonyl (C=O) groups is 1. The molecular weight excluding hydrogens is 284 g/mol.